The van der Waals surface area contributed by atoms with E-state index in [1.165, 1.54) is 38.5 Å². The number of benzene rings is 1. The Morgan fingerprint density at radius 3 is 2.60 bits per heavy atom. The minimum atomic E-state index is -0.551. The van der Waals surface area contributed by atoms with Gasteiger partial charge in [0.15, 0.2) is 12.0 Å². The molecule has 0 fully saturated rings. The highest BCUT2D eigenvalue weighted by Crippen LogP contribution is 2.30. The molecule has 0 saturated heterocycles. The van der Waals surface area contributed by atoms with Crippen molar-refractivity contribution >= 4 is 12.3 Å². The van der Waals surface area contributed by atoms with E-state index in [2.05, 4.69) is 4.74 Å². The molecule has 0 unspecified atom stereocenters. The first-order valence-corrected chi connectivity index (χ1v) is 5.67. The predicted molar refractivity (Wildman–Crippen MR) is 68.5 cm³/mol. The third-order valence-corrected chi connectivity index (χ3v) is 2.52. The summed E-state index contributed by atoms with van der Waals surface area (Å²) < 4.78 is 20.3. The van der Waals surface area contributed by atoms with E-state index in [1.807, 2.05) is 0 Å². The molecule has 0 aliphatic carbocycles. The summed E-state index contributed by atoms with van der Waals surface area (Å²) in [6, 6.07) is 7.58. The van der Waals surface area contributed by atoms with Crippen LogP contribution in [-0.4, -0.2) is 26.5 Å². The number of aldehydes is 1. The second-order valence-corrected chi connectivity index (χ2v) is 3.73. The van der Waals surface area contributed by atoms with Gasteiger partial charge in [-0.3, -0.25) is 4.79 Å². The number of ether oxygens (including phenoxy) is 3. The quantitative estimate of drug-likeness (QED) is 0.617. The Kier molecular flexibility index (Phi) is 4.05. The van der Waals surface area contributed by atoms with Gasteiger partial charge >= 0.3 is 5.97 Å². The van der Waals surface area contributed by atoms with E-state index in [1.54, 1.807) is 6.07 Å². The third-order valence-electron chi connectivity index (χ3n) is 2.52. The number of furan rings is 1. The van der Waals surface area contributed by atoms with Crippen LogP contribution in [0.4, 0.5) is 0 Å². The van der Waals surface area contributed by atoms with E-state index < -0.39 is 5.97 Å². The van der Waals surface area contributed by atoms with Crippen LogP contribution in [0.3, 0.4) is 0 Å². The Morgan fingerprint density at radius 1 is 1.20 bits per heavy atom. The van der Waals surface area contributed by atoms with Gasteiger partial charge in [-0.1, -0.05) is 0 Å². The van der Waals surface area contributed by atoms with Gasteiger partial charge in [-0.15, -0.1) is 0 Å². The van der Waals surface area contributed by atoms with Crippen molar-refractivity contribution in [3.8, 4) is 17.4 Å². The van der Waals surface area contributed by atoms with Crippen molar-refractivity contribution in [2.45, 2.75) is 0 Å². The molecular weight excluding hydrogens is 264 g/mol. The maximum Gasteiger partial charge on any atom is 0.341 e. The maximum atomic E-state index is 11.7. The summed E-state index contributed by atoms with van der Waals surface area (Å²) in [5.41, 5.74) is 0.220. The first-order chi connectivity index (χ1) is 9.67. The number of methoxy groups -OCH3 is 2. The second-order valence-electron chi connectivity index (χ2n) is 3.73. The zero-order valence-corrected chi connectivity index (χ0v) is 10.9. The van der Waals surface area contributed by atoms with Crippen LogP contribution in [0.25, 0.3) is 0 Å². The van der Waals surface area contributed by atoms with Gasteiger partial charge in [0.2, 0.25) is 0 Å². The number of rotatable bonds is 5. The van der Waals surface area contributed by atoms with Gasteiger partial charge in [-0.05, 0) is 18.2 Å². The number of hydrogen-bond acceptors (Lipinski definition) is 6. The Morgan fingerprint density at radius 2 is 2.00 bits per heavy atom. The van der Waals surface area contributed by atoms with Gasteiger partial charge in [0.05, 0.1) is 14.2 Å². The first-order valence-electron chi connectivity index (χ1n) is 5.67. The van der Waals surface area contributed by atoms with Crippen molar-refractivity contribution in [2.75, 3.05) is 14.2 Å². The fourth-order valence-electron chi connectivity index (χ4n) is 1.55. The van der Waals surface area contributed by atoms with Crippen molar-refractivity contribution in [1.29, 1.82) is 0 Å². The average molecular weight is 276 g/mol. The van der Waals surface area contributed by atoms with Gasteiger partial charge in [-0.2, -0.15) is 0 Å². The van der Waals surface area contributed by atoms with Crippen molar-refractivity contribution in [1.82, 2.24) is 0 Å². The Labute approximate surface area is 114 Å². The van der Waals surface area contributed by atoms with E-state index in [-0.39, 0.29) is 23.0 Å². The van der Waals surface area contributed by atoms with Gasteiger partial charge < -0.3 is 18.6 Å². The SMILES string of the molecule is COC(=O)c1ccc(OC)cc1Oc1ccc(C=O)o1. The van der Waals surface area contributed by atoms with E-state index in [9.17, 15) is 9.59 Å². The molecule has 0 aliphatic rings. The molecule has 2 rings (SSSR count). The molecule has 2 aromatic rings. The molecule has 104 valence electrons. The van der Waals surface area contributed by atoms with Crippen LogP contribution in [-0.2, 0) is 4.74 Å². The standard InChI is InChI=1S/C14H12O6/c1-17-9-3-5-11(14(16)18-2)12(7-9)20-13-6-4-10(8-15)19-13/h3-8H,1-2H3. The van der Waals surface area contributed by atoms with Crippen LogP contribution < -0.4 is 9.47 Å². The van der Waals surface area contributed by atoms with Crippen LogP contribution in [0.5, 0.6) is 17.4 Å². The molecule has 6 heteroatoms. The summed E-state index contributed by atoms with van der Waals surface area (Å²) in [6.45, 7) is 0. The van der Waals surface area contributed by atoms with Crippen molar-refractivity contribution in [2.24, 2.45) is 0 Å². The lowest BCUT2D eigenvalue weighted by Crippen LogP contribution is -2.03. The predicted octanol–water partition coefficient (Wildman–Crippen LogP) is 2.68. The molecule has 0 aliphatic heterocycles. The first kappa shape index (κ1) is 13.7. The molecule has 0 amide bonds. The molecule has 0 atom stereocenters. The fourth-order valence-corrected chi connectivity index (χ4v) is 1.55. The number of esters is 1. The van der Waals surface area contributed by atoms with Gasteiger partial charge in [0.1, 0.15) is 17.1 Å². The number of hydrogen-bond donors (Lipinski definition) is 0. The molecule has 0 bridgehead atoms. The van der Waals surface area contributed by atoms with Crippen LogP contribution in [0.15, 0.2) is 34.7 Å². The Balaban J connectivity index is 2.36. The van der Waals surface area contributed by atoms with Gasteiger partial charge in [0, 0.05) is 12.1 Å². The lowest BCUT2D eigenvalue weighted by atomic mass is 10.2. The van der Waals surface area contributed by atoms with Crippen molar-refractivity contribution < 1.29 is 28.2 Å². The smallest absolute Gasteiger partial charge is 0.341 e. The van der Waals surface area contributed by atoms with Gasteiger partial charge in [0.25, 0.3) is 5.95 Å². The maximum absolute atomic E-state index is 11.7. The highest BCUT2D eigenvalue weighted by Gasteiger charge is 2.16. The summed E-state index contributed by atoms with van der Waals surface area (Å²) in [5.74, 6) is 0.385. The monoisotopic (exact) mass is 276 g/mol. The Bertz CT molecular complexity index is 628. The molecule has 0 saturated carbocycles. The van der Waals surface area contributed by atoms with E-state index >= 15 is 0 Å². The van der Waals surface area contributed by atoms with Crippen LogP contribution >= 0.6 is 0 Å². The summed E-state index contributed by atoms with van der Waals surface area (Å²) in [5, 5.41) is 0. The van der Waals surface area contributed by atoms with E-state index in [0.717, 1.165) is 0 Å². The minimum absolute atomic E-state index is 0.0884. The lowest BCUT2D eigenvalue weighted by Gasteiger charge is -2.09. The van der Waals surface area contributed by atoms with E-state index in [0.29, 0.717) is 12.0 Å². The molecule has 0 N–H and O–H groups in total. The van der Waals surface area contributed by atoms with Gasteiger partial charge in [-0.25, -0.2) is 4.79 Å². The molecule has 0 radical (unpaired) electrons. The zero-order valence-electron chi connectivity index (χ0n) is 10.9. The highest BCUT2D eigenvalue weighted by atomic mass is 16.6. The Hall–Kier alpha value is -2.76. The fraction of sp³-hybridized carbons (Fsp3) is 0.143. The largest absolute Gasteiger partial charge is 0.497 e. The second kappa shape index (κ2) is 5.92. The summed E-state index contributed by atoms with van der Waals surface area (Å²) >= 11 is 0. The normalized spacial score (nSPS) is 9.90. The molecule has 1 heterocycles. The van der Waals surface area contributed by atoms with E-state index in [4.69, 9.17) is 13.9 Å². The average Bonchev–Trinajstić information content (AvgIpc) is 2.94. The zero-order chi connectivity index (χ0) is 14.5. The molecule has 1 aromatic carbocycles. The molecule has 6 nitrogen and oxygen atoms in total. The summed E-state index contributed by atoms with van der Waals surface area (Å²) in [6.07, 6.45) is 0.555. The minimum Gasteiger partial charge on any atom is -0.497 e. The summed E-state index contributed by atoms with van der Waals surface area (Å²) in [7, 11) is 2.77. The molecule has 20 heavy (non-hydrogen) atoms. The molecular formula is C14H12O6. The molecule has 0 spiro atoms. The topological polar surface area (TPSA) is 75.0 Å². The van der Waals surface area contributed by atoms with Crippen LogP contribution in [0.2, 0.25) is 0 Å². The highest BCUT2D eigenvalue weighted by molar-refractivity contribution is 5.92. The summed E-state index contributed by atoms with van der Waals surface area (Å²) in [4.78, 5) is 22.2. The lowest BCUT2D eigenvalue weighted by molar-refractivity contribution is 0.0597. The third kappa shape index (κ3) is 2.80. The van der Waals surface area contributed by atoms with Crippen molar-refractivity contribution in [3.63, 3.8) is 0 Å². The van der Waals surface area contributed by atoms with Crippen LogP contribution in [0, 0.1) is 0 Å². The van der Waals surface area contributed by atoms with Crippen LogP contribution in [0.1, 0.15) is 20.9 Å². The molecule has 1 aromatic heterocycles. The van der Waals surface area contributed by atoms with Crippen molar-refractivity contribution in [3.05, 3.63) is 41.7 Å². The number of carbonyl (C=O) groups is 2. The number of carbonyl (C=O) groups excluding carboxylic acids is 2.